The zero-order valence-corrected chi connectivity index (χ0v) is 11.7. The highest BCUT2D eigenvalue weighted by molar-refractivity contribution is 7.98. The van der Waals surface area contributed by atoms with E-state index in [2.05, 4.69) is 0 Å². The molecule has 0 amide bonds. The molecule has 2 aromatic carbocycles. The van der Waals surface area contributed by atoms with Crippen molar-refractivity contribution in [2.45, 2.75) is 10.6 Å². The molecule has 0 saturated heterocycles. The molecule has 0 spiro atoms. The van der Waals surface area contributed by atoms with Crippen LogP contribution in [0, 0.1) is 0 Å². The van der Waals surface area contributed by atoms with E-state index >= 15 is 0 Å². The van der Waals surface area contributed by atoms with Crippen LogP contribution < -0.4 is 5.73 Å². The van der Waals surface area contributed by atoms with Crippen LogP contribution in [0.5, 0.6) is 5.75 Å². The number of thioether (sulfide) groups is 1. The van der Waals surface area contributed by atoms with Gasteiger partial charge in [0.05, 0.1) is 15.7 Å². The number of phenols is 1. The average molecular weight is 300 g/mol. The van der Waals surface area contributed by atoms with E-state index in [0.717, 1.165) is 16.2 Å². The Labute approximate surface area is 120 Å². The lowest BCUT2D eigenvalue weighted by atomic mass is 10.2. The third-order valence-electron chi connectivity index (χ3n) is 2.39. The molecule has 0 radical (unpaired) electrons. The molecule has 0 bridgehead atoms. The van der Waals surface area contributed by atoms with Gasteiger partial charge in [0.15, 0.2) is 0 Å². The smallest absolute Gasteiger partial charge is 0.138 e. The van der Waals surface area contributed by atoms with Crippen LogP contribution in [0.15, 0.2) is 41.3 Å². The van der Waals surface area contributed by atoms with Crippen molar-refractivity contribution in [2.24, 2.45) is 0 Å². The lowest BCUT2D eigenvalue weighted by Gasteiger charge is -2.05. The van der Waals surface area contributed by atoms with Gasteiger partial charge in [-0.25, -0.2) is 0 Å². The summed E-state index contributed by atoms with van der Waals surface area (Å²) in [4.78, 5) is 1.04. The van der Waals surface area contributed by atoms with Crippen LogP contribution in [0.2, 0.25) is 10.0 Å². The Morgan fingerprint density at radius 3 is 2.50 bits per heavy atom. The van der Waals surface area contributed by atoms with Crippen molar-refractivity contribution in [3.8, 4) is 5.75 Å². The number of aromatic hydroxyl groups is 1. The average Bonchev–Trinajstić information content (AvgIpc) is 2.35. The second-order valence-corrected chi connectivity index (χ2v) is 5.62. The largest absolute Gasteiger partial charge is 0.506 e. The summed E-state index contributed by atoms with van der Waals surface area (Å²) in [6, 6.07) is 10.7. The molecule has 0 atom stereocenters. The van der Waals surface area contributed by atoms with E-state index in [1.54, 1.807) is 30.0 Å². The second-order valence-electron chi connectivity index (χ2n) is 3.76. The fraction of sp³-hybridized carbons (Fsp3) is 0.0769. The van der Waals surface area contributed by atoms with E-state index in [1.807, 2.05) is 18.2 Å². The third-order valence-corrected chi connectivity index (χ3v) is 4.19. The van der Waals surface area contributed by atoms with Gasteiger partial charge in [0.2, 0.25) is 0 Å². The van der Waals surface area contributed by atoms with Crippen LogP contribution >= 0.6 is 35.0 Å². The maximum atomic E-state index is 9.33. The molecule has 0 aliphatic rings. The predicted molar refractivity (Wildman–Crippen MR) is 78.5 cm³/mol. The van der Waals surface area contributed by atoms with Crippen LogP contribution in [0.25, 0.3) is 0 Å². The van der Waals surface area contributed by atoms with Gasteiger partial charge in [-0.15, -0.1) is 11.8 Å². The molecule has 2 rings (SSSR count). The summed E-state index contributed by atoms with van der Waals surface area (Å²) >= 11 is 13.4. The number of hydrogen-bond donors (Lipinski definition) is 2. The molecule has 0 aliphatic heterocycles. The summed E-state index contributed by atoms with van der Waals surface area (Å²) in [6.07, 6.45) is 0. The summed E-state index contributed by atoms with van der Waals surface area (Å²) in [5.74, 6) is 0.862. The van der Waals surface area contributed by atoms with Crippen molar-refractivity contribution >= 4 is 40.7 Å². The number of anilines is 1. The highest BCUT2D eigenvalue weighted by atomic mass is 35.5. The summed E-state index contributed by atoms with van der Waals surface area (Å²) < 4.78 is 0. The molecule has 18 heavy (non-hydrogen) atoms. The first-order valence-electron chi connectivity index (χ1n) is 5.21. The van der Waals surface area contributed by atoms with Crippen LogP contribution in [0.3, 0.4) is 0 Å². The third kappa shape index (κ3) is 3.25. The van der Waals surface area contributed by atoms with Crippen molar-refractivity contribution in [3.05, 3.63) is 52.0 Å². The number of nitrogens with two attached hydrogens (primary N) is 1. The quantitative estimate of drug-likeness (QED) is 0.496. The van der Waals surface area contributed by atoms with Gasteiger partial charge < -0.3 is 10.8 Å². The minimum atomic E-state index is 0.110. The number of nitrogen functional groups attached to an aromatic ring is 1. The molecule has 3 N–H and O–H groups in total. The summed E-state index contributed by atoms with van der Waals surface area (Å²) in [6.45, 7) is 0. The van der Waals surface area contributed by atoms with Crippen LogP contribution in [0.1, 0.15) is 5.56 Å². The minimum Gasteiger partial charge on any atom is -0.506 e. The monoisotopic (exact) mass is 299 g/mol. The van der Waals surface area contributed by atoms with Crippen molar-refractivity contribution in [1.29, 1.82) is 0 Å². The zero-order chi connectivity index (χ0) is 13.1. The van der Waals surface area contributed by atoms with Crippen LogP contribution in [-0.2, 0) is 5.75 Å². The van der Waals surface area contributed by atoms with E-state index in [0.29, 0.717) is 15.7 Å². The minimum absolute atomic E-state index is 0.110. The Bertz CT molecular complexity index is 523. The lowest BCUT2D eigenvalue weighted by Crippen LogP contribution is -1.88. The zero-order valence-electron chi connectivity index (χ0n) is 9.36. The first kappa shape index (κ1) is 13.4. The van der Waals surface area contributed by atoms with Crippen molar-refractivity contribution in [2.75, 3.05) is 5.73 Å². The van der Waals surface area contributed by atoms with Crippen molar-refractivity contribution in [1.82, 2.24) is 0 Å². The van der Waals surface area contributed by atoms with Crippen LogP contribution in [0.4, 0.5) is 5.69 Å². The van der Waals surface area contributed by atoms with E-state index in [1.165, 1.54) is 0 Å². The van der Waals surface area contributed by atoms with Gasteiger partial charge in [-0.3, -0.25) is 0 Å². The Kier molecular flexibility index (Phi) is 4.27. The summed E-state index contributed by atoms with van der Waals surface area (Å²) in [7, 11) is 0. The van der Waals surface area contributed by atoms with E-state index in [-0.39, 0.29) is 5.75 Å². The fourth-order valence-electron chi connectivity index (χ4n) is 1.43. The number of rotatable bonds is 3. The van der Waals surface area contributed by atoms with Gasteiger partial charge in [-0.2, -0.15) is 0 Å². The normalized spacial score (nSPS) is 10.6. The van der Waals surface area contributed by atoms with Crippen LogP contribution in [-0.4, -0.2) is 5.11 Å². The number of benzene rings is 2. The van der Waals surface area contributed by atoms with Gasteiger partial charge in [0.25, 0.3) is 0 Å². The van der Waals surface area contributed by atoms with E-state index in [4.69, 9.17) is 28.9 Å². The van der Waals surface area contributed by atoms with Gasteiger partial charge >= 0.3 is 0 Å². The second kappa shape index (κ2) is 5.74. The standard InChI is InChI=1S/C13H11Cl2NOS/c14-10-3-2-9(6-11(10)15)18-7-8-1-4-13(17)12(16)5-8/h1-6,17H,7,16H2. The number of halogens is 2. The molecule has 2 aromatic rings. The molecule has 0 fully saturated rings. The lowest BCUT2D eigenvalue weighted by molar-refractivity contribution is 0.478. The molecule has 2 nitrogen and oxygen atoms in total. The fourth-order valence-corrected chi connectivity index (χ4v) is 2.67. The molecular formula is C13H11Cl2NOS. The molecule has 0 heterocycles. The topological polar surface area (TPSA) is 46.2 Å². The van der Waals surface area contributed by atoms with Crippen molar-refractivity contribution < 1.29 is 5.11 Å². The number of phenolic OH excluding ortho intramolecular Hbond substituents is 1. The molecular weight excluding hydrogens is 289 g/mol. The van der Waals surface area contributed by atoms with E-state index < -0.39 is 0 Å². The molecule has 0 aliphatic carbocycles. The Morgan fingerprint density at radius 1 is 1.06 bits per heavy atom. The maximum absolute atomic E-state index is 9.33. The van der Waals surface area contributed by atoms with Crippen molar-refractivity contribution in [3.63, 3.8) is 0 Å². The van der Waals surface area contributed by atoms with Gasteiger partial charge in [-0.05, 0) is 35.9 Å². The summed E-state index contributed by atoms with van der Waals surface area (Å²) in [5, 5.41) is 10.4. The summed E-state index contributed by atoms with van der Waals surface area (Å²) in [5.41, 5.74) is 7.07. The number of hydrogen-bond acceptors (Lipinski definition) is 3. The van der Waals surface area contributed by atoms with Gasteiger partial charge in [-0.1, -0.05) is 29.3 Å². The Hall–Kier alpha value is -1.03. The Morgan fingerprint density at radius 2 is 1.83 bits per heavy atom. The molecule has 5 heteroatoms. The molecule has 0 unspecified atom stereocenters. The molecule has 0 aromatic heterocycles. The predicted octanol–water partition coefficient (Wildman–Crippen LogP) is 4.57. The SMILES string of the molecule is Nc1cc(CSc2ccc(Cl)c(Cl)c2)ccc1O. The highest BCUT2D eigenvalue weighted by Gasteiger charge is 2.03. The maximum Gasteiger partial charge on any atom is 0.138 e. The molecule has 0 saturated carbocycles. The first-order valence-corrected chi connectivity index (χ1v) is 6.95. The van der Waals surface area contributed by atoms with Gasteiger partial charge in [0, 0.05) is 10.6 Å². The van der Waals surface area contributed by atoms with E-state index in [9.17, 15) is 5.11 Å². The highest BCUT2D eigenvalue weighted by Crippen LogP contribution is 2.31. The molecule has 94 valence electrons. The van der Waals surface area contributed by atoms with Gasteiger partial charge in [0.1, 0.15) is 5.75 Å². The Balaban J connectivity index is 2.06. The first-order chi connectivity index (χ1) is 8.56.